The van der Waals surface area contributed by atoms with Gasteiger partial charge in [0.15, 0.2) is 0 Å². The SMILES string of the molecule is O=C1C(=O)c2ccccc2C(O)=C1C1CCCCCCCCCCC1. The molecule has 1 saturated carbocycles. The van der Waals surface area contributed by atoms with Crippen molar-refractivity contribution in [2.75, 3.05) is 0 Å². The number of Topliss-reactive ketones (excluding diaryl/α,β-unsaturated/α-hetero) is 2. The lowest BCUT2D eigenvalue weighted by atomic mass is 9.78. The second kappa shape index (κ2) is 8.46. The van der Waals surface area contributed by atoms with E-state index in [0.29, 0.717) is 16.7 Å². The summed E-state index contributed by atoms with van der Waals surface area (Å²) >= 11 is 0. The maximum absolute atomic E-state index is 12.7. The number of carbonyl (C=O) groups excluding carboxylic acids is 2. The fraction of sp³-hybridized carbons (Fsp3) is 0.545. The number of rotatable bonds is 1. The van der Waals surface area contributed by atoms with Gasteiger partial charge in [0.25, 0.3) is 0 Å². The van der Waals surface area contributed by atoms with Crippen molar-refractivity contribution in [3.05, 3.63) is 41.0 Å². The summed E-state index contributed by atoms with van der Waals surface area (Å²) in [5.74, 6) is -0.913. The minimum absolute atomic E-state index is 0.00392. The molecule has 0 heterocycles. The number of fused-ring (bicyclic) bond motifs is 1. The summed E-state index contributed by atoms with van der Waals surface area (Å²) in [5, 5.41) is 10.8. The van der Waals surface area contributed by atoms with Crippen LogP contribution in [0.2, 0.25) is 0 Å². The van der Waals surface area contributed by atoms with Crippen LogP contribution in [0.4, 0.5) is 0 Å². The number of aliphatic hydroxyl groups is 1. The van der Waals surface area contributed by atoms with Crippen LogP contribution in [0.3, 0.4) is 0 Å². The van der Waals surface area contributed by atoms with Gasteiger partial charge in [-0.2, -0.15) is 0 Å². The molecule has 0 spiro atoms. The first-order chi connectivity index (χ1) is 12.2. The van der Waals surface area contributed by atoms with Crippen molar-refractivity contribution < 1.29 is 14.7 Å². The van der Waals surface area contributed by atoms with Gasteiger partial charge in [-0.25, -0.2) is 0 Å². The summed E-state index contributed by atoms with van der Waals surface area (Å²) in [6, 6.07) is 6.91. The molecule has 134 valence electrons. The van der Waals surface area contributed by atoms with E-state index in [1.165, 1.54) is 44.9 Å². The molecular weight excluding hydrogens is 312 g/mol. The van der Waals surface area contributed by atoms with Crippen molar-refractivity contribution in [1.82, 2.24) is 0 Å². The van der Waals surface area contributed by atoms with Crippen LogP contribution >= 0.6 is 0 Å². The summed E-state index contributed by atoms with van der Waals surface area (Å²) in [7, 11) is 0. The highest BCUT2D eigenvalue weighted by Crippen LogP contribution is 2.36. The van der Waals surface area contributed by atoms with Gasteiger partial charge in [0, 0.05) is 16.7 Å². The molecule has 1 aromatic carbocycles. The van der Waals surface area contributed by atoms with E-state index in [4.69, 9.17) is 0 Å². The van der Waals surface area contributed by atoms with Gasteiger partial charge in [-0.05, 0) is 18.8 Å². The van der Waals surface area contributed by atoms with Gasteiger partial charge in [-0.15, -0.1) is 0 Å². The van der Waals surface area contributed by atoms with Crippen LogP contribution in [-0.2, 0) is 4.79 Å². The molecule has 2 aliphatic carbocycles. The molecule has 0 bridgehead atoms. The first kappa shape index (κ1) is 17.9. The standard InChI is InChI=1S/C22H28O3/c23-20-17-14-10-11-15-18(17)21(24)22(25)19(20)16-12-8-6-4-2-1-3-5-7-9-13-16/h10-11,14-16,23H,1-9,12-13H2. The zero-order chi connectivity index (χ0) is 17.6. The lowest BCUT2D eigenvalue weighted by Crippen LogP contribution is -2.28. The molecule has 2 aliphatic rings. The van der Waals surface area contributed by atoms with E-state index in [-0.39, 0.29) is 11.7 Å². The quantitative estimate of drug-likeness (QED) is 0.673. The number of benzene rings is 1. The summed E-state index contributed by atoms with van der Waals surface area (Å²) in [4.78, 5) is 25.2. The Balaban J connectivity index is 1.87. The number of allylic oxidation sites excluding steroid dienone is 1. The highest BCUT2D eigenvalue weighted by molar-refractivity contribution is 6.52. The number of carbonyl (C=O) groups is 2. The molecular formula is C22H28O3. The van der Waals surface area contributed by atoms with Gasteiger partial charge in [0.2, 0.25) is 11.6 Å². The van der Waals surface area contributed by atoms with Crippen LogP contribution in [0, 0.1) is 5.92 Å². The maximum atomic E-state index is 12.7. The summed E-state index contributed by atoms with van der Waals surface area (Å²) in [5.41, 5.74) is 1.23. The first-order valence-corrected chi connectivity index (χ1v) is 9.81. The monoisotopic (exact) mass is 340 g/mol. The van der Waals surface area contributed by atoms with Gasteiger partial charge in [0.1, 0.15) is 5.76 Å². The molecule has 0 saturated heterocycles. The van der Waals surface area contributed by atoms with Gasteiger partial charge >= 0.3 is 0 Å². The average molecular weight is 340 g/mol. The zero-order valence-electron chi connectivity index (χ0n) is 14.9. The van der Waals surface area contributed by atoms with Gasteiger partial charge < -0.3 is 5.11 Å². The fourth-order valence-electron chi connectivity index (χ4n) is 4.22. The van der Waals surface area contributed by atoms with Crippen LogP contribution in [0.15, 0.2) is 29.8 Å². The Labute approximate surface area is 150 Å². The summed E-state index contributed by atoms with van der Waals surface area (Å²) in [6.07, 6.45) is 12.6. The van der Waals surface area contributed by atoms with Gasteiger partial charge in [0.05, 0.1) is 0 Å². The molecule has 0 unspecified atom stereocenters. The Kier molecular flexibility index (Phi) is 6.06. The van der Waals surface area contributed by atoms with Crippen molar-refractivity contribution >= 4 is 17.3 Å². The topological polar surface area (TPSA) is 54.4 Å². The highest BCUT2D eigenvalue weighted by Gasteiger charge is 2.36. The molecule has 25 heavy (non-hydrogen) atoms. The van der Waals surface area contributed by atoms with Crippen LogP contribution in [0.1, 0.15) is 86.6 Å². The van der Waals surface area contributed by atoms with Crippen molar-refractivity contribution in [2.24, 2.45) is 5.92 Å². The molecule has 3 heteroatoms. The van der Waals surface area contributed by atoms with E-state index in [9.17, 15) is 14.7 Å². The molecule has 0 radical (unpaired) electrons. The van der Waals surface area contributed by atoms with Crippen LogP contribution in [-0.4, -0.2) is 16.7 Å². The Morgan fingerprint density at radius 3 is 1.72 bits per heavy atom. The third-order valence-corrected chi connectivity index (χ3v) is 5.65. The Hall–Kier alpha value is -1.90. The normalized spacial score (nSPS) is 21.4. The molecule has 3 rings (SSSR count). The van der Waals surface area contributed by atoms with E-state index in [0.717, 1.165) is 25.7 Å². The second-order valence-electron chi connectivity index (χ2n) is 7.42. The predicted octanol–water partition coefficient (Wildman–Crippen LogP) is 5.64. The minimum Gasteiger partial charge on any atom is -0.507 e. The summed E-state index contributed by atoms with van der Waals surface area (Å²) < 4.78 is 0. The maximum Gasteiger partial charge on any atom is 0.234 e. The molecule has 1 N–H and O–H groups in total. The molecule has 0 aromatic heterocycles. The predicted molar refractivity (Wildman–Crippen MR) is 99.6 cm³/mol. The number of aliphatic hydroxyl groups excluding tert-OH is 1. The van der Waals surface area contributed by atoms with Crippen molar-refractivity contribution in [3.8, 4) is 0 Å². The lowest BCUT2D eigenvalue weighted by Gasteiger charge is -2.25. The van der Waals surface area contributed by atoms with Crippen LogP contribution < -0.4 is 0 Å². The third-order valence-electron chi connectivity index (χ3n) is 5.65. The van der Waals surface area contributed by atoms with Gasteiger partial charge in [-0.1, -0.05) is 82.1 Å². The molecule has 3 nitrogen and oxygen atoms in total. The van der Waals surface area contributed by atoms with E-state index >= 15 is 0 Å². The fourth-order valence-corrected chi connectivity index (χ4v) is 4.22. The number of hydrogen-bond acceptors (Lipinski definition) is 3. The largest absolute Gasteiger partial charge is 0.507 e. The smallest absolute Gasteiger partial charge is 0.234 e. The third kappa shape index (κ3) is 4.02. The van der Waals surface area contributed by atoms with E-state index in [2.05, 4.69) is 0 Å². The van der Waals surface area contributed by atoms with E-state index in [1.54, 1.807) is 24.3 Å². The highest BCUT2D eigenvalue weighted by atomic mass is 16.3. The average Bonchev–Trinajstić information content (AvgIpc) is 2.62. The minimum atomic E-state index is -0.492. The Morgan fingerprint density at radius 1 is 0.680 bits per heavy atom. The van der Waals surface area contributed by atoms with Crippen molar-refractivity contribution in [1.29, 1.82) is 0 Å². The van der Waals surface area contributed by atoms with Crippen molar-refractivity contribution in [3.63, 3.8) is 0 Å². The van der Waals surface area contributed by atoms with E-state index < -0.39 is 11.6 Å². The zero-order valence-corrected chi connectivity index (χ0v) is 14.9. The first-order valence-electron chi connectivity index (χ1n) is 9.81. The summed E-state index contributed by atoms with van der Waals surface area (Å²) in [6.45, 7) is 0. The second-order valence-corrected chi connectivity index (χ2v) is 7.42. The van der Waals surface area contributed by atoms with Crippen molar-refractivity contribution in [2.45, 2.75) is 70.6 Å². The molecule has 0 amide bonds. The van der Waals surface area contributed by atoms with Crippen LogP contribution in [0.25, 0.3) is 5.76 Å². The molecule has 0 aliphatic heterocycles. The molecule has 0 atom stereocenters. The van der Waals surface area contributed by atoms with Crippen LogP contribution in [0.5, 0.6) is 0 Å². The van der Waals surface area contributed by atoms with E-state index in [1.807, 2.05) is 0 Å². The molecule has 1 aromatic rings. The molecule has 1 fully saturated rings. The van der Waals surface area contributed by atoms with Gasteiger partial charge in [-0.3, -0.25) is 9.59 Å². The lowest BCUT2D eigenvalue weighted by molar-refractivity contribution is -0.112. The number of ketones is 2. The number of hydrogen-bond donors (Lipinski definition) is 1. The Morgan fingerprint density at radius 2 is 1.16 bits per heavy atom. The Bertz CT molecular complexity index is 660.